The summed E-state index contributed by atoms with van der Waals surface area (Å²) in [6.07, 6.45) is 0. The van der Waals surface area contributed by atoms with Gasteiger partial charge in [-0.15, -0.1) is 10.2 Å². The van der Waals surface area contributed by atoms with E-state index in [1.54, 1.807) is 6.07 Å². The number of aryl methyl sites for hydroxylation is 1. The molecule has 0 spiro atoms. The molecule has 1 aromatic heterocycles. The lowest BCUT2D eigenvalue weighted by molar-refractivity contribution is 1.05. The molecule has 0 saturated heterocycles. The van der Waals surface area contributed by atoms with E-state index in [0.717, 1.165) is 16.5 Å². The molecular formula is C10H10N4. The molecule has 1 aromatic carbocycles. The van der Waals surface area contributed by atoms with Crippen molar-refractivity contribution in [3.63, 3.8) is 0 Å². The van der Waals surface area contributed by atoms with Crippen LogP contribution in [0.15, 0.2) is 24.3 Å². The number of rotatable bonds is 1. The molecule has 2 aromatic rings. The predicted octanol–water partition coefficient (Wildman–Crippen LogP) is 1.22. The molecule has 4 nitrogen and oxygen atoms in total. The van der Waals surface area contributed by atoms with Crippen LogP contribution in [0.5, 0.6) is 0 Å². The molecule has 0 radical (unpaired) electrons. The number of hydrogen-bond acceptors (Lipinski definition) is 3. The van der Waals surface area contributed by atoms with E-state index in [1.807, 2.05) is 25.1 Å². The van der Waals surface area contributed by atoms with Gasteiger partial charge in [-0.25, -0.2) is 0 Å². The zero-order valence-electron chi connectivity index (χ0n) is 7.78. The Morgan fingerprint density at radius 2 is 2.07 bits per heavy atom. The van der Waals surface area contributed by atoms with E-state index in [-0.39, 0.29) is 5.84 Å². The molecule has 0 atom stereocenters. The van der Waals surface area contributed by atoms with Crippen molar-refractivity contribution >= 4 is 16.7 Å². The van der Waals surface area contributed by atoms with Crippen molar-refractivity contribution < 1.29 is 0 Å². The number of nitrogens with zero attached hydrogens (tertiary/aromatic N) is 2. The Morgan fingerprint density at radius 1 is 1.29 bits per heavy atom. The number of nitrogens with one attached hydrogen (secondary N) is 1. The number of nitrogen functional groups attached to an aromatic ring is 1. The average Bonchev–Trinajstić information content (AvgIpc) is 2.16. The summed E-state index contributed by atoms with van der Waals surface area (Å²) >= 11 is 0. The Bertz CT molecular complexity index is 504. The molecule has 2 rings (SSSR count). The summed E-state index contributed by atoms with van der Waals surface area (Å²) in [4.78, 5) is 0. The first kappa shape index (κ1) is 8.62. The maximum atomic E-state index is 7.24. The zero-order chi connectivity index (χ0) is 10.1. The highest BCUT2D eigenvalue weighted by Gasteiger charge is 2.01. The monoisotopic (exact) mass is 186 g/mol. The van der Waals surface area contributed by atoms with Crippen LogP contribution in [0.3, 0.4) is 0 Å². The van der Waals surface area contributed by atoms with Crippen LogP contribution in [0.4, 0.5) is 0 Å². The van der Waals surface area contributed by atoms with E-state index in [0.29, 0.717) is 5.69 Å². The molecule has 0 fully saturated rings. The Hall–Kier alpha value is -1.97. The van der Waals surface area contributed by atoms with Gasteiger partial charge in [0, 0.05) is 5.39 Å². The van der Waals surface area contributed by atoms with Crippen molar-refractivity contribution in [3.8, 4) is 0 Å². The Kier molecular flexibility index (Phi) is 1.89. The van der Waals surface area contributed by atoms with E-state index in [4.69, 9.17) is 11.1 Å². The van der Waals surface area contributed by atoms with E-state index in [9.17, 15) is 0 Å². The minimum Gasteiger partial charge on any atom is -0.382 e. The second-order valence-corrected chi connectivity index (χ2v) is 3.21. The zero-order valence-corrected chi connectivity index (χ0v) is 7.78. The van der Waals surface area contributed by atoms with Crippen LogP contribution in [0.2, 0.25) is 0 Å². The number of aromatic nitrogens is 2. The largest absolute Gasteiger partial charge is 0.382 e. The number of fused-ring (bicyclic) bond motifs is 1. The van der Waals surface area contributed by atoms with E-state index in [2.05, 4.69) is 10.2 Å². The fraction of sp³-hybridized carbons (Fsp3) is 0.100. The summed E-state index contributed by atoms with van der Waals surface area (Å²) in [6.45, 7) is 2.01. The predicted molar refractivity (Wildman–Crippen MR) is 55.3 cm³/mol. The number of benzene rings is 1. The van der Waals surface area contributed by atoms with Crippen LogP contribution in [0, 0.1) is 12.3 Å². The lowest BCUT2D eigenvalue weighted by atomic mass is 10.1. The minimum absolute atomic E-state index is 0.0547. The van der Waals surface area contributed by atoms with Crippen molar-refractivity contribution in [2.75, 3.05) is 0 Å². The summed E-state index contributed by atoms with van der Waals surface area (Å²) in [6, 6.07) is 7.65. The summed E-state index contributed by atoms with van der Waals surface area (Å²) < 4.78 is 0. The van der Waals surface area contributed by atoms with Gasteiger partial charge in [0.1, 0.15) is 11.5 Å². The Balaban J connectivity index is 2.69. The summed E-state index contributed by atoms with van der Waals surface area (Å²) in [5.74, 6) is -0.0547. The summed E-state index contributed by atoms with van der Waals surface area (Å²) in [7, 11) is 0. The Labute approximate surface area is 81.3 Å². The van der Waals surface area contributed by atoms with Gasteiger partial charge in [-0.05, 0) is 25.1 Å². The summed E-state index contributed by atoms with van der Waals surface area (Å²) in [5.41, 5.74) is 7.72. The smallest absolute Gasteiger partial charge is 0.143 e. The standard InChI is InChI=1S/C10H10N4/c1-6-2-3-8-7(4-6)5-9(10(11)12)14-13-8/h2-5H,1H3,(H3,11,12). The molecule has 0 aliphatic heterocycles. The second-order valence-electron chi connectivity index (χ2n) is 3.21. The van der Waals surface area contributed by atoms with Crippen molar-refractivity contribution in [2.45, 2.75) is 6.92 Å². The number of nitrogens with two attached hydrogens (primary N) is 1. The molecular weight excluding hydrogens is 176 g/mol. The first-order valence-electron chi connectivity index (χ1n) is 4.25. The lowest BCUT2D eigenvalue weighted by Gasteiger charge is -2.00. The molecule has 1 heterocycles. The van der Waals surface area contributed by atoms with Crippen LogP contribution in [0.25, 0.3) is 10.9 Å². The van der Waals surface area contributed by atoms with Gasteiger partial charge in [0.2, 0.25) is 0 Å². The van der Waals surface area contributed by atoms with E-state index in [1.165, 1.54) is 0 Å². The maximum Gasteiger partial charge on any atom is 0.143 e. The fourth-order valence-electron chi connectivity index (χ4n) is 1.30. The third kappa shape index (κ3) is 1.42. The molecule has 70 valence electrons. The number of hydrogen-bond donors (Lipinski definition) is 2. The van der Waals surface area contributed by atoms with Crippen molar-refractivity contribution in [2.24, 2.45) is 5.73 Å². The van der Waals surface area contributed by atoms with Crippen LogP contribution in [-0.2, 0) is 0 Å². The van der Waals surface area contributed by atoms with Gasteiger partial charge in [0.05, 0.1) is 5.52 Å². The van der Waals surface area contributed by atoms with Crippen LogP contribution >= 0.6 is 0 Å². The van der Waals surface area contributed by atoms with Gasteiger partial charge >= 0.3 is 0 Å². The first-order valence-corrected chi connectivity index (χ1v) is 4.25. The van der Waals surface area contributed by atoms with Gasteiger partial charge in [0.25, 0.3) is 0 Å². The molecule has 0 amide bonds. The van der Waals surface area contributed by atoms with Gasteiger partial charge in [-0.3, -0.25) is 5.41 Å². The second kappa shape index (κ2) is 3.06. The van der Waals surface area contributed by atoms with E-state index < -0.39 is 0 Å². The molecule has 3 N–H and O–H groups in total. The average molecular weight is 186 g/mol. The number of amidine groups is 1. The van der Waals surface area contributed by atoms with Crippen molar-refractivity contribution in [1.82, 2.24) is 10.2 Å². The van der Waals surface area contributed by atoms with Gasteiger partial charge in [-0.2, -0.15) is 0 Å². The van der Waals surface area contributed by atoms with Crippen molar-refractivity contribution in [3.05, 3.63) is 35.5 Å². The van der Waals surface area contributed by atoms with Crippen LogP contribution in [-0.4, -0.2) is 16.0 Å². The minimum atomic E-state index is -0.0547. The highest BCUT2D eigenvalue weighted by molar-refractivity contribution is 5.95. The SMILES string of the molecule is Cc1ccc2nnc(C(=N)N)cc2c1. The van der Waals surface area contributed by atoms with Gasteiger partial charge < -0.3 is 5.73 Å². The molecule has 14 heavy (non-hydrogen) atoms. The quantitative estimate of drug-likeness (QED) is 0.519. The first-order chi connectivity index (χ1) is 6.66. The lowest BCUT2D eigenvalue weighted by Crippen LogP contribution is -2.13. The topological polar surface area (TPSA) is 75.7 Å². The summed E-state index contributed by atoms with van der Waals surface area (Å²) in [5, 5.41) is 16.0. The molecule has 0 unspecified atom stereocenters. The maximum absolute atomic E-state index is 7.24. The molecule has 0 aliphatic rings. The highest BCUT2D eigenvalue weighted by Crippen LogP contribution is 2.13. The third-order valence-corrected chi connectivity index (χ3v) is 2.02. The normalized spacial score (nSPS) is 10.4. The van der Waals surface area contributed by atoms with Crippen LogP contribution in [0.1, 0.15) is 11.3 Å². The molecule has 0 bridgehead atoms. The van der Waals surface area contributed by atoms with Gasteiger partial charge in [0.15, 0.2) is 0 Å². The third-order valence-electron chi connectivity index (χ3n) is 2.02. The fourth-order valence-corrected chi connectivity index (χ4v) is 1.30. The molecule has 0 aliphatic carbocycles. The Morgan fingerprint density at radius 3 is 2.79 bits per heavy atom. The van der Waals surface area contributed by atoms with E-state index >= 15 is 0 Å². The molecule has 0 saturated carbocycles. The highest BCUT2D eigenvalue weighted by atomic mass is 15.1. The molecule has 4 heteroatoms. The van der Waals surface area contributed by atoms with Gasteiger partial charge in [-0.1, -0.05) is 11.6 Å². The van der Waals surface area contributed by atoms with Crippen LogP contribution < -0.4 is 5.73 Å². The van der Waals surface area contributed by atoms with Crippen molar-refractivity contribution in [1.29, 1.82) is 5.41 Å².